The van der Waals surface area contributed by atoms with Crippen LogP contribution in [0, 0.1) is 5.41 Å². The Morgan fingerprint density at radius 2 is 1.83 bits per heavy atom. The summed E-state index contributed by atoms with van der Waals surface area (Å²) < 4.78 is 22.7. The van der Waals surface area contributed by atoms with Crippen molar-refractivity contribution in [3.05, 3.63) is 35.9 Å². The normalized spacial score (nSPS) is 16.7. The Kier molecular flexibility index (Phi) is 11.6. The smallest absolute Gasteiger partial charge is 0.191 e. The van der Waals surface area contributed by atoms with E-state index in [-0.39, 0.29) is 35.1 Å². The zero-order valence-corrected chi connectivity index (χ0v) is 22.0. The zero-order chi connectivity index (χ0) is 21.3. The minimum atomic E-state index is -2.89. The fourth-order valence-electron chi connectivity index (χ4n) is 3.61. The third-order valence-corrected chi connectivity index (χ3v) is 6.17. The number of hydrogen-bond acceptors (Lipinski definition) is 4. The number of likely N-dealkylation sites (tertiary alicyclic amines) is 1. The summed E-state index contributed by atoms with van der Waals surface area (Å²) in [5, 5.41) is 6.95. The third kappa shape index (κ3) is 10.9. The lowest BCUT2D eigenvalue weighted by molar-refractivity contribution is 0.216. The summed E-state index contributed by atoms with van der Waals surface area (Å²) >= 11 is 0. The number of nitrogens with zero attached hydrogens (tertiary/aromatic N) is 2. The Labute approximate surface area is 200 Å². The van der Waals surface area contributed by atoms with E-state index in [1.165, 1.54) is 11.8 Å². The summed E-state index contributed by atoms with van der Waals surface area (Å²) in [7, 11) is -2.89. The van der Waals surface area contributed by atoms with Crippen LogP contribution in [0.1, 0.15) is 39.2 Å². The van der Waals surface area contributed by atoms with Crippen molar-refractivity contribution in [2.45, 2.75) is 46.1 Å². The molecule has 1 aliphatic heterocycles. The van der Waals surface area contributed by atoms with Crippen molar-refractivity contribution in [2.75, 3.05) is 44.7 Å². The molecule has 0 aromatic heterocycles. The van der Waals surface area contributed by atoms with E-state index in [0.29, 0.717) is 12.6 Å². The average molecular weight is 551 g/mol. The number of nitrogens with one attached hydrogen (secondary N) is 2. The first-order valence-electron chi connectivity index (χ1n) is 10.7. The molecule has 6 nitrogen and oxygen atoms in total. The number of rotatable bonds is 9. The molecule has 0 unspecified atom stereocenters. The molecule has 1 aromatic rings. The van der Waals surface area contributed by atoms with Gasteiger partial charge in [-0.15, -0.1) is 24.0 Å². The molecule has 0 atom stereocenters. The van der Waals surface area contributed by atoms with Gasteiger partial charge in [0.25, 0.3) is 0 Å². The van der Waals surface area contributed by atoms with Gasteiger partial charge in [-0.25, -0.2) is 8.42 Å². The topological polar surface area (TPSA) is 73.8 Å². The van der Waals surface area contributed by atoms with Gasteiger partial charge < -0.3 is 15.5 Å². The molecule has 30 heavy (non-hydrogen) atoms. The van der Waals surface area contributed by atoms with Crippen molar-refractivity contribution in [3.63, 3.8) is 0 Å². The van der Waals surface area contributed by atoms with Crippen molar-refractivity contribution in [3.8, 4) is 0 Å². The van der Waals surface area contributed by atoms with Crippen LogP contribution in [-0.2, 0) is 16.3 Å². The van der Waals surface area contributed by atoms with Crippen molar-refractivity contribution in [1.82, 2.24) is 15.5 Å². The van der Waals surface area contributed by atoms with Gasteiger partial charge in [0.15, 0.2) is 5.96 Å². The minimum absolute atomic E-state index is 0. The lowest BCUT2D eigenvalue weighted by Gasteiger charge is -2.33. The van der Waals surface area contributed by atoms with Gasteiger partial charge >= 0.3 is 0 Å². The molecule has 0 bridgehead atoms. The second-order valence-corrected chi connectivity index (χ2v) is 11.2. The van der Waals surface area contributed by atoms with Gasteiger partial charge in [-0.05, 0) is 37.2 Å². The van der Waals surface area contributed by atoms with Gasteiger partial charge in [0.05, 0.1) is 5.75 Å². The first-order chi connectivity index (χ1) is 13.7. The molecule has 1 fully saturated rings. The molecule has 8 heteroatoms. The maximum absolute atomic E-state index is 11.4. The van der Waals surface area contributed by atoms with Gasteiger partial charge in [0.2, 0.25) is 0 Å². The molecule has 1 aliphatic rings. The molecule has 0 radical (unpaired) electrons. The van der Waals surface area contributed by atoms with E-state index in [9.17, 15) is 8.42 Å². The van der Waals surface area contributed by atoms with E-state index in [2.05, 4.69) is 60.6 Å². The maximum atomic E-state index is 11.4. The Morgan fingerprint density at radius 3 is 2.40 bits per heavy atom. The van der Waals surface area contributed by atoms with Crippen molar-refractivity contribution in [2.24, 2.45) is 10.4 Å². The van der Waals surface area contributed by atoms with Crippen LogP contribution in [0.4, 0.5) is 0 Å². The fraction of sp³-hybridized carbons (Fsp3) is 0.682. The van der Waals surface area contributed by atoms with Gasteiger partial charge in [-0.2, -0.15) is 0 Å². The highest BCUT2D eigenvalue weighted by Gasteiger charge is 2.22. The molecule has 1 saturated heterocycles. The molecule has 0 aliphatic carbocycles. The number of piperidine rings is 1. The van der Waals surface area contributed by atoms with Gasteiger partial charge in [-0.1, -0.05) is 44.2 Å². The molecule has 0 amide bonds. The first kappa shape index (κ1) is 27.2. The second kappa shape index (κ2) is 12.9. The number of halogens is 1. The third-order valence-electron chi connectivity index (χ3n) is 5.24. The fourth-order valence-corrected chi connectivity index (χ4v) is 4.20. The second-order valence-electron chi connectivity index (χ2n) is 8.91. The molecule has 0 saturated carbocycles. The van der Waals surface area contributed by atoms with Crippen LogP contribution in [0.3, 0.4) is 0 Å². The summed E-state index contributed by atoms with van der Waals surface area (Å²) in [4.78, 5) is 7.11. The number of guanidine groups is 1. The maximum Gasteiger partial charge on any atom is 0.191 e. The van der Waals surface area contributed by atoms with Gasteiger partial charge in [0, 0.05) is 45.0 Å². The molecule has 1 heterocycles. The van der Waals surface area contributed by atoms with Gasteiger partial charge in [0.1, 0.15) is 9.84 Å². The number of benzene rings is 1. The first-order valence-corrected chi connectivity index (χ1v) is 12.7. The highest BCUT2D eigenvalue weighted by molar-refractivity contribution is 14.0. The van der Waals surface area contributed by atoms with Crippen LogP contribution < -0.4 is 10.6 Å². The quantitative estimate of drug-likeness (QED) is 0.281. The van der Waals surface area contributed by atoms with E-state index >= 15 is 0 Å². The number of sulfone groups is 1. The standard InChI is InChI=1S/C22H38N4O2S.HI/c1-5-23-21(24-18-22(2,3)17-19-9-7-6-8-10-19)25-20-11-13-26(14-12-20)15-16-29(4,27)28;/h6-10,20H,5,11-18H2,1-4H3,(H2,23,24,25);1H. The summed E-state index contributed by atoms with van der Waals surface area (Å²) in [6, 6.07) is 10.9. The summed E-state index contributed by atoms with van der Waals surface area (Å²) in [6.07, 6.45) is 4.30. The van der Waals surface area contributed by atoms with Crippen LogP contribution in [0.25, 0.3) is 0 Å². The molecular weight excluding hydrogens is 511 g/mol. The van der Waals surface area contributed by atoms with Crippen LogP contribution in [0.15, 0.2) is 35.3 Å². The molecule has 0 spiro atoms. The van der Waals surface area contributed by atoms with Crippen molar-refractivity contribution in [1.29, 1.82) is 0 Å². The molecule has 2 N–H and O–H groups in total. The molecule has 172 valence electrons. The van der Waals surface area contributed by atoms with E-state index < -0.39 is 9.84 Å². The SMILES string of the molecule is CCNC(=NCC(C)(C)Cc1ccccc1)NC1CCN(CCS(C)(=O)=O)CC1.I. The Balaban J connectivity index is 0.00000450. The Morgan fingerprint density at radius 1 is 1.20 bits per heavy atom. The Hall–Kier alpha value is -0.870. The molecule has 2 rings (SSSR count). The highest BCUT2D eigenvalue weighted by atomic mass is 127. The molecule has 1 aromatic carbocycles. The van der Waals surface area contributed by atoms with Crippen molar-refractivity contribution < 1.29 is 8.42 Å². The average Bonchev–Trinajstić information content (AvgIpc) is 2.66. The van der Waals surface area contributed by atoms with E-state index in [0.717, 1.165) is 51.4 Å². The van der Waals surface area contributed by atoms with E-state index in [1.807, 2.05) is 6.07 Å². The van der Waals surface area contributed by atoms with Crippen LogP contribution in [0.2, 0.25) is 0 Å². The minimum Gasteiger partial charge on any atom is -0.357 e. The number of aliphatic imine (C=N–C) groups is 1. The monoisotopic (exact) mass is 550 g/mol. The van der Waals surface area contributed by atoms with E-state index in [1.54, 1.807) is 0 Å². The highest BCUT2D eigenvalue weighted by Crippen LogP contribution is 2.22. The Bertz CT molecular complexity index is 746. The lowest BCUT2D eigenvalue weighted by atomic mass is 9.86. The van der Waals surface area contributed by atoms with E-state index in [4.69, 9.17) is 4.99 Å². The van der Waals surface area contributed by atoms with Crippen LogP contribution >= 0.6 is 24.0 Å². The van der Waals surface area contributed by atoms with Crippen LogP contribution in [-0.4, -0.2) is 70.1 Å². The van der Waals surface area contributed by atoms with Crippen LogP contribution in [0.5, 0.6) is 0 Å². The lowest BCUT2D eigenvalue weighted by Crippen LogP contribution is -2.49. The predicted molar refractivity (Wildman–Crippen MR) is 138 cm³/mol. The van der Waals surface area contributed by atoms with Gasteiger partial charge in [-0.3, -0.25) is 4.99 Å². The molecular formula is C22H39IN4O2S. The largest absolute Gasteiger partial charge is 0.357 e. The summed E-state index contributed by atoms with van der Waals surface area (Å²) in [5.74, 6) is 1.12. The summed E-state index contributed by atoms with van der Waals surface area (Å²) in [5.41, 5.74) is 1.42. The number of hydrogen-bond donors (Lipinski definition) is 2. The summed E-state index contributed by atoms with van der Waals surface area (Å²) in [6.45, 7) is 10.7. The predicted octanol–water partition coefficient (Wildman–Crippen LogP) is 2.94. The zero-order valence-electron chi connectivity index (χ0n) is 18.9. The van der Waals surface area contributed by atoms with Crippen molar-refractivity contribution >= 4 is 39.8 Å².